The predicted octanol–water partition coefficient (Wildman–Crippen LogP) is 4.57. The van der Waals surface area contributed by atoms with Gasteiger partial charge in [0, 0.05) is 18.5 Å². The van der Waals surface area contributed by atoms with Gasteiger partial charge >= 0.3 is 5.69 Å². The number of ether oxygens (including phenoxy) is 3. The van der Waals surface area contributed by atoms with Gasteiger partial charge in [-0.2, -0.15) is 0 Å². The van der Waals surface area contributed by atoms with Crippen molar-refractivity contribution in [1.29, 1.82) is 0 Å². The lowest BCUT2D eigenvalue weighted by Gasteiger charge is -2.19. The molecule has 172 valence electrons. The minimum Gasteiger partial charge on any atom is -0.493 e. The maximum Gasteiger partial charge on any atom is 0.327 e. The Kier molecular flexibility index (Phi) is 7.86. The summed E-state index contributed by atoms with van der Waals surface area (Å²) in [6.45, 7) is 0.307. The van der Waals surface area contributed by atoms with Gasteiger partial charge in [-0.15, -0.1) is 0 Å². The smallest absolute Gasteiger partial charge is 0.327 e. The van der Waals surface area contributed by atoms with E-state index in [0.29, 0.717) is 13.0 Å². The van der Waals surface area contributed by atoms with Crippen molar-refractivity contribution >= 4 is 11.6 Å². The van der Waals surface area contributed by atoms with Crippen LogP contribution in [0.2, 0.25) is 0 Å². The SMILES string of the molecule is COc1cc(C(=O)NCCC(c2ccccc2)c2ccccc2)c([N+](=O)[O-])c(OC)c1OC. The van der Waals surface area contributed by atoms with E-state index in [9.17, 15) is 14.9 Å². The molecule has 0 spiro atoms. The summed E-state index contributed by atoms with van der Waals surface area (Å²) in [5.41, 5.74) is 1.61. The second-order valence-electron chi connectivity index (χ2n) is 7.22. The third-order valence-corrected chi connectivity index (χ3v) is 5.35. The predicted molar refractivity (Wildman–Crippen MR) is 124 cm³/mol. The number of nitro benzene ring substituents is 1. The topological polar surface area (TPSA) is 99.9 Å². The molecule has 0 aliphatic carbocycles. The van der Waals surface area contributed by atoms with E-state index in [2.05, 4.69) is 5.32 Å². The number of methoxy groups -OCH3 is 3. The van der Waals surface area contributed by atoms with Crippen LogP contribution in [-0.4, -0.2) is 38.7 Å². The molecule has 8 heteroatoms. The number of nitrogens with one attached hydrogen (secondary N) is 1. The first-order valence-electron chi connectivity index (χ1n) is 10.4. The quantitative estimate of drug-likeness (QED) is 0.359. The van der Waals surface area contributed by atoms with E-state index in [4.69, 9.17) is 14.2 Å². The van der Waals surface area contributed by atoms with Crippen LogP contribution in [0, 0.1) is 10.1 Å². The fourth-order valence-electron chi connectivity index (χ4n) is 3.82. The molecule has 33 heavy (non-hydrogen) atoms. The summed E-state index contributed by atoms with van der Waals surface area (Å²) in [7, 11) is 4.00. The Morgan fingerprint density at radius 1 is 0.909 bits per heavy atom. The standard InChI is InChI=1S/C25H26N2O6/c1-31-21-16-20(22(27(29)30)24(33-3)23(21)32-2)25(28)26-15-14-19(17-10-6-4-7-11-17)18-12-8-5-9-13-18/h4-13,16,19H,14-15H2,1-3H3,(H,26,28). The number of hydrogen-bond donors (Lipinski definition) is 1. The molecule has 0 fully saturated rings. The molecule has 8 nitrogen and oxygen atoms in total. The molecule has 0 saturated carbocycles. The largest absolute Gasteiger partial charge is 0.493 e. The first-order valence-corrected chi connectivity index (χ1v) is 10.4. The van der Waals surface area contributed by atoms with Gasteiger partial charge < -0.3 is 19.5 Å². The summed E-state index contributed by atoms with van der Waals surface area (Å²) >= 11 is 0. The second kappa shape index (κ2) is 11.0. The van der Waals surface area contributed by atoms with E-state index < -0.39 is 16.5 Å². The first-order chi connectivity index (χ1) is 16.0. The third-order valence-electron chi connectivity index (χ3n) is 5.35. The molecule has 1 amide bonds. The Morgan fingerprint density at radius 3 is 1.91 bits per heavy atom. The molecule has 0 aliphatic heterocycles. The van der Waals surface area contributed by atoms with Crippen molar-refractivity contribution in [1.82, 2.24) is 5.32 Å². The Balaban J connectivity index is 1.86. The van der Waals surface area contributed by atoms with E-state index >= 15 is 0 Å². The van der Waals surface area contributed by atoms with Gasteiger partial charge in [-0.1, -0.05) is 60.7 Å². The summed E-state index contributed by atoms with van der Waals surface area (Å²) in [4.78, 5) is 24.1. The van der Waals surface area contributed by atoms with Crippen LogP contribution in [0.5, 0.6) is 17.2 Å². The molecule has 0 unspecified atom stereocenters. The van der Waals surface area contributed by atoms with Crippen molar-refractivity contribution in [2.75, 3.05) is 27.9 Å². The summed E-state index contributed by atoms with van der Waals surface area (Å²) in [5.74, 6) is -0.491. The highest BCUT2D eigenvalue weighted by Crippen LogP contribution is 2.46. The molecule has 0 saturated heterocycles. The van der Waals surface area contributed by atoms with Gasteiger partial charge in [0.2, 0.25) is 11.5 Å². The number of rotatable bonds is 10. The highest BCUT2D eigenvalue weighted by atomic mass is 16.6. The Bertz CT molecular complexity index is 1060. The zero-order valence-corrected chi connectivity index (χ0v) is 18.7. The number of nitro groups is 1. The van der Waals surface area contributed by atoms with E-state index in [1.165, 1.54) is 27.4 Å². The van der Waals surface area contributed by atoms with Crippen molar-refractivity contribution < 1.29 is 23.9 Å². The van der Waals surface area contributed by atoms with Crippen molar-refractivity contribution in [2.24, 2.45) is 0 Å². The molecular weight excluding hydrogens is 424 g/mol. The molecule has 1 N–H and O–H groups in total. The van der Waals surface area contributed by atoms with Gasteiger partial charge in [0.1, 0.15) is 5.56 Å². The number of hydrogen-bond acceptors (Lipinski definition) is 6. The fraction of sp³-hybridized carbons (Fsp3) is 0.240. The second-order valence-corrected chi connectivity index (χ2v) is 7.22. The van der Waals surface area contributed by atoms with Gasteiger partial charge in [-0.3, -0.25) is 14.9 Å². The van der Waals surface area contributed by atoms with E-state index in [-0.39, 0.29) is 28.7 Å². The Morgan fingerprint density at radius 2 is 1.45 bits per heavy atom. The lowest BCUT2D eigenvalue weighted by atomic mass is 9.88. The molecule has 3 rings (SSSR count). The third kappa shape index (κ3) is 5.23. The molecule has 0 radical (unpaired) electrons. The summed E-state index contributed by atoms with van der Waals surface area (Å²) in [5, 5.41) is 14.6. The average Bonchev–Trinajstić information content (AvgIpc) is 2.85. The van der Waals surface area contributed by atoms with Gasteiger partial charge in [0.25, 0.3) is 5.91 Å². The van der Waals surface area contributed by atoms with Crippen LogP contribution in [-0.2, 0) is 0 Å². The lowest BCUT2D eigenvalue weighted by Crippen LogP contribution is -2.27. The normalized spacial score (nSPS) is 10.5. The zero-order valence-electron chi connectivity index (χ0n) is 18.7. The van der Waals surface area contributed by atoms with E-state index in [1.807, 2.05) is 60.7 Å². The van der Waals surface area contributed by atoms with Gasteiger partial charge in [0.05, 0.1) is 26.3 Å². The van der Waals surface area contributed by atoms with Crippen molar-refractivity contribution in [3.05, 3.63) is 93.5 Å². The number of carbonyl (C=O) groups is 1. The molecule has 0 atom stereocenters. The Labute approximate surface area is 192 Å². The minimum atomic E-state index is -0.660. The highest BCUT2D eigenvalue weighted by molar-refractivity contribution is 6.00. The molecular formula is C25H26N2O6. The number of benzene rings is 3. The number of carbonyl (C=O) groups excluding carboxylic acids is 1. The maximum absolute atomic E-state index is 13.0. The Hall–Kier alpha value is -4.07. The molecule has 3 aromatic carbocycles. The van der Waals surface area contributed by atoms with Crippen molar-refractivity contribution in [3.8, 4) is 17.2 Å². The summed E-state index contributed by atoms with van der Waals surface area (Å²) < 4.78 is 15.7. The van der Waals surface area contributed by atoms with Crippen LogP contribution in [0.4, 0.5) is 5.69 Å². The molecule has 0 aromatic heterocycles. The molecule has 0 aliphatic rings. The molecule has 0 bridgehead atoms. The zero-order chi connectivity index (χ0) is 23.8. The minimum absolute atomic E-state index is 0.0523. The number of amides is 1. The van der Waals surface area contributed by atoms with Gasteiger partial charge in [-0.25, -0.2) is 0 Å². The maximum atomic E-state index is 13.0. The first kappa shape index (κ1) is 23.6. The van der Waals surface area contributed by atoms with Crippen LogP contribution >= 0.6 is 0 Å². The lowest BCUT2D eigenvalue weighted by molar-refractivity contribution is -0.386. The van der Waals surface area contributed by atoms with E-state index in [0.717, 1.165) is 11.1 Å². The highest BCUT2D eigenvalue weighted by Gasteiger charge is 2.32. The van der Waals surface area contributed by atoms with Gasteiger partial charge in [-0.05, 0) is 17.5 Å². The van der Waals surface area contributed by atoms with Crippen molar-refractivity contribution in [3.63, 3.8) is 0 Å². The molecule has 3 aromatic rings. The van der Waals surface area contributed by atoms with Gasteiger partial charge in [0.15, 0.2) is 5.75 Å². The summed E-state index contributed by atoms with van der Waals surface area (Å²) in [6.07, 6.45) is 0.609. The van der Waals surface area contributed by atoms with Crippen LogP contribution in [0.3, 0.4) is 0 Å². The summed E-state index contributed by atoms with van der Waals surface area (Å²) in [6, 6.07) is 21.3. The van der Waals surface area contributed by atoms with Crippen LogP contribution < -0.4 is 19.5 Å². The monoisotopic (exact) mass is 450 g/mol. The van der Waals surface area contributed by atoms with Crippen LogP contribution in [0.15, 0.2) is 66.7 Å². The fourth-order valence-corrected chi connectivity index (χ4v) is 3.82. The van der Waals surface area contributed by atoms with E-state index in [1.54, 1.807) is 0 Å². The number of nitrogens with zero attached hydrogens (tertiary/aromatic N) is 1. The van der Waals surface area contributed by atoms with Crippen LogP contribution in [0.1, 0.15) is 33.8 Å². The van der Waals surface area contributed by atoms with Crippen LogP contribution in [0.25, 0.3) is 0 Å². The molecule has 0 heterocycles. The average molecular weight is 450 g/mol. The van der Waals surface area contributed by atoms with Crippen molar-refractivity contribution in [2.45, 2.75) is 12.3 Å².